The van der Waals surface area contributed by atoms with Gasteiger partial charge in [0.25, 0.3) is 10.0 Å². The van der Waals surface area contributed by atoms with Crippen LogP contribution in [-0.4, -0.2) is 22.4 Å². The number of benzene rings is 2. The Balaban J connectivity index is 1.34. The third kappa shape index (κ3) is 4.43. The molecule has 0 saturated heterocycles. The van der Waals surface area contributed by atoms with Gasteiger partial charge in [0, 0.05) is 16.2 Å². The van der Waals surface area contributed by atoms with Crippen LogP contribution in [0.3, 0.4) is 0 Å². The van der Waals surface area contributed by atoms with Crippen molar-refractivity contribution < 1.29 is 16.8 Å². The summed E-state index contributed by atoms with van der Waals surface area (Å²) in [6.45, 7) is 3.43. The average molecular weight is 509 g/mol. The number of rotatable bonds is 6. The van der Waals surface area contributed by atoms with Crippen molar-refractivity contribution in [1.29, 1.82) is 0 Å². The van der Waals surface area contributed by atoms with E-state index in [0.717, 1.165) is 19.3 Å². The Bertz CT molecular complexity index is 1270. The zero-order valence-corrected chi connectivity index (χ0v) is 21.2. The number of aryl methyl sites for hydroxylation is 2. The van der Waals surface area contributed by atoms with E-state index in [0.29, 0.717) is 39.6 Å². The maximum absolute atomic E-state index is 13.2. The van der Waals surface area contributed by atoms with Crippen molar-refractivity contribution in [2.45, 2.75) is 67.7 Å². The van der Waals surface area contributed by atoms with Crippen LogP contribution < -0.4 is 9.44 Å². The largest absolute Gasteiger partial charge is 0.280 e. The van der Waals surface area contributed by atoms with Crippen LogP contribution in [0.4, 0.5) is 5.69 Å². The smallest absolute Gasteiger partial charge is 0.262 e. The molecule has 0 spiro atoms. The summed E-state index contributed by atoms with van der Waals surface area (Å²) in [5.41, 5.74) is 1.19. The molecule has 6 nitrogen and oxygen atoms in total. The van der Waals surface area contributed by atoms with Crippen molar-refractivity contribution in [1.82, 2.24) is 4.72 Å². The van der Waals surface area contributed by atoms with E-state index in [1.54, 1.807) is 19.9 Å². The van der Waals surface area contributed by atoms with E-state index < -0.39 is 20.0 Å². The molecule has 4 aliphatic carbocycles. The zero-order chi connectivity index (χ0) is 23.6. The molecule has 4 aliphatic rings. The lowest BCUT2D eigenvalue weighted by molar-refractivity contribution is -0.00810. The molecule has 0 aromatic heterocycles. The first-order valence-electron chi connectivity index (χ1n) is 11.4. The van der Waals surface area contributed by atoms with Crippen LogP contribution in [0, 0.1) is 31.6 Å². The molecule has 178 valence electrons. The van der Waals surface area contributed by atoms with E-state index in [-0.39, 0.29) is 15.3 Å². The number of sulfonamides is 2. The van der Waals surface area contributed by atoms with Gasteiger partial charge in [0.2, 0.25) is 10.0 Å². The molecular formula is C24H29ClN2O4S2. The number of hydrogen-bond donors (Lipinski definition) is 2. The molecule has 33 heavy (non-hydrogen) atoms. The maximum Gasteiger partial charge on any atom is 0.262 e. The van der Waals surface area contributed by atoms with Gasteiger partial charge in [-0.2, -0.15) is 0 Å². The van der Waals surface area contributed by atoms with Gasteiger partial charge in [-0.15, -0.1) is 0 Å². The fraction of sp³-hybridized carbons (Fsp3) is 0.500. The summed E-state index contributed by atoms with van der Waals surface area (Å²) in [5, 5.41) is 0.507. The van der Waals surface area contributed by atoms with Crippen molar-refractivity contribution in [2.75, 3.05) is 4.72 Å². The molecule has 6 rings (SSSR count). The summed E-state index contributed by atoms with van der Waals surface area (Å²) in [4.78, 5) is 0.296. The van der Waals surface area contributed by atoms with Crippen LogP contribution >= 0.6 is 11.6 Å². The predicted octanol–water partition coefficient (Wildman–Crippen LogP) is 5.00. The van der Waals surface area contributed by atoms with Crippen molar-refractivity contribution in [2.24, 2.45) is 17.8 Å². The van der Waals surface area contributed by atoms with Crippen LogP contribution in [0.15, 0.2) is 46.2 Å². The van der Waals surface area contributed by atoms with E-state index in [9.17, 15) is 16.8 Å². The lowest BCUT2D eigenvalue weighted by atomic mass is 9.53. The van der Waals surface area contributed by atoms with Crippen LogP contribution in [0.2, 0.25) is 5.02 Å². The number of hydrogen-bond acceptors (Lipinski definition) is 4. The summed E-state index contributed by atoms with van der Waals surface area (Å²) in [7, 11) is -7.54. The number of anilines is 1. The second-order valence-electron chi connectivity index (χ2n) is 10.3. The first-order chi connectivity index (χ1) is 15.4. The second kappa shape index (κ2) is 7.97. The highest BCUT2D eigenvalue weighted by Crippen LogP contribution is 2.56. The fourth-order valence-corrected chi connectivity index (χ4v) is 9.56. The molecule has 0 unspecified atom stereocenters. The summed E-state index contributed by atoms with van der Waals surface area (Å²) in [6.07, 6.45) is 6.50. The minimum absolute atomic E-state index is 0.143. The monoisotopic (exact) mass is 508 g/mol. The first-order valence-corrected chi connectivity index (χ1v) is 14.7. The van der Waals surface area contributed by atoms with Crippen molar-refractivity contribution >= 4 is 37.3 Å². The first kappa shape index (κ1) is 23.1. The third-order valence-electron chi connectivity index (χ3n) is 7.55. The highest BCUT2D eigenvalue weighted by molar-refractivity contribution is 7.92. The Morgan fingerprint density at radius 2 is 1.36 bits per heavy atom. The molecule has 0 amide bonds. The molecule has 4 saturated carbocycles. The molecule has 9 heteroatoms. The number of halogens is 1. The molecule has 4 bridgehead atoms. The van der Waals surface area contributed by atoms with Gasteiger partial charge in [-0.1, -0.05) is 11.6 Å². The van der Waals surface area contributed by atoms with Gasteiger partial charge in [-0.3, -0.25) is 4.72 Å². The number of nitrogens with one attached hydrogen (secondary N) is 2. The molecule has 4 fully saturated rings. The quantitative estimate of drug-likeness (QED) is 0.574. The lowest BCUT2D eigenvalue weighted by Crippen LogP contribution is -2.59. The van der Waals surface area contributed by atoms with Crippen LogP contribution in [0.1, 0.15) is 49.7 Å². The minimum atomic E-state index is -3.84. The molecular weight excluding hydrogens is 480 g/mol. The minimum Gasteiger partial charge on any atom is -0.280 e. The fourth-order valence-electron chi connectivity index (χ4n) is 6.54. The molecule has 2 N–H and O–H groups in total. The van der Waals surface area contributed by atoms with E-state index >= 15 is 0 Å². The average Bonchev–Trinajstić information content (AvgIpc) is 2.69. The molecule has 2 aromatic carbocycles. The van der Waals surface area contributed by atoms with Crippen molar-refractivity contribution in [3.63, 3.8) is 0 Å². The van der Waals surface area contributed by atoms with E-state index in [4.69, 9.17) is 11.6 Å². The van der Waals surface area contributed by atoms with Gasteiger partial charge in [-0.25, -0.2) is 21.6 Å². The Hall–Kier alpha value is -1.61. The Morgan fingerprint density at radius 3 is 1.91 bits per heavy atom. The van der Waals surface area contributed by atoms with E-state index in [1.807, 2.05) is 0 Å². The third-order valence-corrected chi connectivity index (χ3v) is 11.1. The van der Waals surface area contributed by atoms with Crippen LogP contribution in [0.5, 0.6) is 0 Å². The second-order valence-corrected chi connectivity index (χ2v) is 14.0. The van der Waals surface area contributed by atoms with Gasteiger partial charge < -0.3 is 0 Å². The standard InChI is InChI=1S/C24H29ClN2O4S2/c1-15-8-23(16(2)7-22(15)25)33(30,31)26-20-3-5-21(6-4-20)32(28,29)27-24-12-17-9-18(13-24)11-19(10-17)14-24/h3-8,17-19,26-27H,9-14H2,1-2H3. The van der Waals surface area contributed by atoms with Gasteiger partial charge in [0.05, 0.1) is 9.79 Å². The highest BCUT2D eigenvalue weighted by Gasteiger charge is 2.52. The van der Waals surface area contributed by atoms with Crippen LogP contribution in [0.25, 0.3) is 0 Å². The van der Waals surface area contributed by atoms with Crippen molar-refractivity contribution in [3.05, 3.63) is 52.5 Å². The molecule has 0 radical (unpaired) electrons. The zero-order valence-electron chi connectivity index (χ0n) is 18.8. The Morgan fingerprint density at radius 1 is 0.818 bits per heavy atom. The lowest BCUT2D eigenvalue weighted by Gasteiger charge is -2.56. The Kier molecular flexibility index (Phi) is 5.59. The normalized spacial score (nSPS) is 28.8. The molecule has 0 atom stereocenters. The van der Waals surface area contributed by atoms with Gasteiger partial charge >= 0.3 is 0 Å². The predicted molar refractivity (Wildman–Crippen MR) is 129 cm³/mol. The van der Waals surface area contributed by atoms with Gasteiger partial charge in [0.1, 0.15) is 0 Å². The maximum atomic E-state index is 13.2. The van der Waals surface area contributed by atoms with Crippen molar-refractivity contribution in [3.8, 4) is 0 Å². The highest BCUT2D eigenvalue weighted by atomic mass is 35.5. The SMILES string of the molecule is Cc1cc(S(=O)(=O)Nc2ccc(S(=O)(=O)NC34CC5CC(CC(C5)C3)C4)cc2)c(C)cc1Cl. The van der Waals surface area contributed by atoms with E-state index in [1.165, 1.54) is 49.6 Å². The molecule has 0 aliphatic heterocycles. The molecule has 0 heterocycles. The summed E-state index contributed by atoms with van der Waals surface area (Å²) < 4.78 is 57.8. The topological polar surface area (TPSA) is 92.3 Å². The summed E-state index contributed by atoms with van der Waals surface area (Å²) in [5.74, 6) is 1.90. The summed E-state index contributed by atoms with van der Waals surface area (Å²) in [6, 6.07) is 9.06. The van der Waals surface area contributed by atoms with Gasteiger partial charge in [-0.05, 0) is 118 Å². The summed E-state index contributed by atoms with van der Waals surface area (Å²) >= 11 is 6.09. The van der Waals surface area contributed by atoms with E-state index in [2.05, 4.69) is 9.44 Å². The Labute approximate surface area is 201 Å². The van der Waals surface area contributed by atoms with Crippen LogP contribution in [-0.2, 0) is 20.0 Å². The molecule has 2 aromatic rings. The van der Waals surface area contributed by atoms with Gasteiger partial charge in [0.15, 0.2) is 0 Å².